The molecule has 226 valence electrons. The van der Waals surface area contributed by atoms with E-state index < -0.39 is 7.82 Å². The number of carbonyl (C=O) groups excluding carboxylic acids is 1. The topological polar surface area (TPSA) is 94.1 Å². The third-order valence-corrected chi connectivity index (χ3v) is 7.82. The summed E-state index contributed by atoms with van der Waals surface area (Å²) < 4.78 is 28.3. The number of rotatable bonds is 27. The maximum Gasteiger partial charge on any atom is 0.472 e. The number of ketones is 1. The molecule has 0 amide bonds. The summed E-state index contributed by atoms with van der Waals surface area (Å²) in [4.78, 5) is 22.2. The number of carbonyl (C=O) groups is 1. The molecule has 2 atom stereocenters. The third kappa shape index (κ3) is 20.3. The summed E-state index contributed by atoms with van der Waals surface area (Å²) in [6, 6.07) is 7.91. The zero-order chi connectivity index (χ0) is 28.6. The second-order valence-electron chi connectivity index (χ2n) is 10.6. The molecule has 0 fully saturated rings. The van der Waals surface area contributed by atoms with Crippen molar-refractivity contribution in [2.75, 3.05) is 33.4 Å². The Labute approximate surface area is 238 Å². The van der Waals surface area contributed by atoms with Crippen molar-refractivity contribution >= 4 is 13.6 Å². The van der Waals surface area contributed by atoms with Gasteiger partial charge in [-0.2, -0.15) is 0 Å². The Bertz CT molecular complexity index is 773. The fraction of sp³-hybridized carbons (Fsp3) is 0.774. The van der Waals surface area contributed by atoms with E-state index in [-0.39, 0.29) is 24.9 Å². The van der Waals surface area contributed by atoms with Crippen LogP contribution in [0, 0.1) is 5.92 Å². The van der Waals surface area contributed by atoms with Gasteiger partial charge in [0, 0.05) is 19.4 Å². The lowest BCUT2D eigenvalue weighted by molar-refractivity contribution is -0.120. The number of nitrogens with one attached hydrogen (secondary N) is 1. The van der Waals surface area contributed by atoms with Crippen molar-refractivity contribution in [3.05, 3.63) is 29.8 Å². The minimum absolute atomic E-state index is 0.0139. The second kappa shape index (κ2) is 23.5. The third-order valence-electron chi connectivity index (χ3n) is 6.84. The maximum absolute atomic E-state index is 12.3. The van der Waals surface area contributed by atoms with E-state index >= 15 is 0 Å². The van der Waals surface area contributed by atoms with Crippen LogP contribution >= 0.6 is 7.82 Å². The molecule has 0 saturated heterocycles. The van der Waals surface area contributed by atoms with E-state index in [4.69, 9.17) is 13.8 Å². The highest BCUT2D eigenvalue weighted by atomic mass is 31.2. The van der Waals surface area contributed by atoms with Gasteiger partial charge in [0.05, 0.1) is 19.8 Å². The van der Waals surface area contributed by atoms with Gasteiger partial charge in [0.1, 0.15) is 11.5 Å². The molecule has 2 N–H and O–H groups in total. The van der Waals surface area contributed by atoms with Gasteiger partial charge in [-0.05, 0) is 49.9 Å². The van der Waals surface area contributed by atoms with Crippen molar-refractivity contribution in [2.45, 2.75) is 117 Å². The van der Waals surface area contributed by atoms with E-state index in [0.717, 1.165) is 30.8 Å². The van der Waals surface area contributed by atoms with Crippen LogP contribution in [0.25, 0.3) is 0 Å². The quantitative estimate of drug-likeness (QED) is 0.0818. The molecule has 7 nitrogen and oxygen atoms in total. The average molecular weight is 570 g/mol. The molecule has 0 aliphatic rings. The summed E-state index contributed by atoms with van der Waals surface area (Å²) in [6.45, 7) is 5.46. The summed E-state index contributed by atoms with van der Waals surface area (Å²) >= 11 is 0. The predicted octanol–water partition coefficient (Wildman–Crippen LogP) is 8.04. The molecule has 0 bridgehead atoms. The lowest BCUT2D eigenvalue weighted by atomic mass is 9.94. The summed E-state index contributed by atoms with van der Waals surface area (Å²) in [5.74, 6) is 0.775. The molecule has 0 radical (unpaired) electrons. The molecule has 1 aromatic carbocycles. The second-order valence-corrected chi connectivity index (χ2v) is 12.1. The Kier molecular flexibility index (Phi) is 21.5. The van der Waals surface area contributed by atoms with E-state index in [1.54, 1.807) is 7.05 Å². The Morgan fingerprint density at radius 3 is 2.00 bits per heavy atom. The van der Waals surface area contributed by atoms with Gasteiger partial charge in [-0.25, -0.2) is 4.57 Å². The Morgan fingerprint density at radius 1 is 0.846 bits per heavy atom. The van der Waals surface area contributed by atoms with Crippen LogP contribution in [0.1, 0.15) is 116 Å². The number of hydrogen-bond acceptors (Lipinski definition) is 6. The lowest BCUT2D eigenvalue weighted by Gasteiger charge is -2.19. The van der Waals surface area contributed by atoms with E-state index in [0.29, 0.717) is 25.8 Å². The average Bonchev–Trinajstić information content (AvgIpc) is 2.91. The first-order chi connectivity index (χ1) is 18.9. The van der Waals surface area contributed by atoms with Gasteiger partial charge in [-0.15, -0.1) is 0 Å². The molecule has 0 aliphatic heterocycles. The van der Waals surface area contributed by atoms with Gasteiger partial charge in [0.2, 0.25) is 0 Å². The molecule has 0 spiro atoms. The summed E-state index contributed by atoms with van der Waals surface area (Å²) in [5, 5.41) is 2.85. The number of benzene rings is 1. The van der Waals surface area contributed by atoms with Crippen molar-refractivity contribution in [1.29, 1.82) is 0 Å². The number of phosphoric ester groups is 1. The number of unbranched alkanes of at least 4 members (excludes halogenated alkanes) is 11. The van der Waals surface area contributed by atoms with Gasteiger partial charge < -0.3 is 14.9 Å². The summed E-state index contributed by atoms with van der Waals surface area (Å²) in [5.41, 5.74) is 1.04. The number of ether oxygens (including phenoxy) is 1. The zero-order valence-electron chi connectivity index (χ0n) is 25.0. The van der Waals surface area contributed by atoms with Gasteiger partial charge in [0.15, 0.2) is 0 Å². The standard InChI is InChI=1S/C31H56NO6P/c1-4-6-7-8-9-10-11-12-13-14-15-16-23-36-31-20-18-28(19-21-31)25-29(26-30(33)17-5-2)27-38-39(34,35)37-24-22-32-3/h18-21,29,32H,4-17,22-27H2,1-3H3,(H,34,35). The molecular formula is C31H56NO6P. The van der Waals surface area contributed by atoms with Crippen LogP contribution in [-0.2, 0) is 24.8 Å². The number of likely N-dealkylation sites (N-methyl/N-ethyl adjacent to an activating group) is 1. The van der Waals surface area contributed by atoms with Crippen LogP contribution in [0.3, 0.4) is 0 Å². The minimum Gasteiger partial charge on any atom is -0.494 e. The van der Waals surface area contributed by atoms with Crippen LogP contribution in [0.2, 0.25) is 0 Å². The van der Waals surface area contributed by atoms with E-state index in [2.05, 4.69) is 12.2 Å². The zero-order valence-corrected chi connectivity index (χ0v) is 25.9. The highest BCUT2D eigenvalue weighted by Gasteiger charge is 2.24. The Balaban J connectivity index is 2.33. The normalized spacial score (nSPS) is 13.7. The highest BCUT2D eigenvalue weighted by molar-refractivity contribution is 7.47. The summed E-state index contributed by atoms with van der Waals surface area (Å²) in [6.07, 6.45) is 18.0. The lowest BCUT2D eigenvalue weighted by Crippen LogP contribution is -2.18. The molecule has 1 aromatic rings. The maximum atomic E-state index is 12.3. The first kappa shape index (κ1) is 35.8. The molecule has 0 saturated carbocycles. The van der Waals surface area contributed by atoms with Crippen molar-refractivity contribution in [3.63, 3.8) is 0 Å². The van der Waals surface area contributed by atoms with Gasteiger partial charge >= 0.3 is 7.82 Å². The van der Waals surface area contributed by atoms with Gasteiger partial charge in [-0.1, -0.05) is 96.6 Å². The van der Waals surface area contributed by atoms with E-state index in [1.165, 1.54) is 70.6 Å². The molecule has 39 heavy (non-hydrogen) atoms. The fourth-order valence-corrected chi connectivity index (χ4v) is 5.38. The largest absolute Gasteiger partial charge is 0.494 e. The molecule has 0 heterocycles. The van der Waals surface area contributed by atoms with E-state index in [9.17, 15) is 14.3 Å². The molecule has 0 aliphatic carbocycles. The summed E-state index contributed by atoms with van der Waals surface area (Å²) in [7, 11) is -2.42. The smallest absolute Gasteiger partial charge is 0.472 e. The Hall–Kier alpha value is -1.24. The SMILES string of the molecule is CCCCCCCCCCCCCCOc1ccc(CC(COP(=O)(O)OCCNC)CC(=O)CCC)cc1. The van der Waals surface area contributed by atoms with Crippen LogP contribution < -0.4 is 10.1 Å². The van der Waals surface area contributed by atoms with Crippen LogP contribution in [0.5, 0.6) is 5.75 Å². The molecule has 8 heteroatoms. The molecule has 2 unspecified atom stereocenters. The molecular weight excluding hydrogens is 513 g/mol. The highest BCUT2D eigenvalue weighted by Crippen LogP contribution is 2.43. The first-order valence-electron chi connectivity index (χ1n) is 15.4. The number of phosphoric acid groups is 1. The number of Topliss-reactive ketones (excluding diaryl/α,β-unsaturated/α-hetero) is 1. The fourth-order valence-electron chi connectivity index (χ4n) is 4.58. The van der Waals surface area contributed by atoms with E-state index in [1.807, 2.05) is 31.2 Å². The van der Waals surface area contributed by atoms with Crippen LogP contribution in [0.15, 0.2) is 24.3 Å². The predicted molar refractivity (Wildman–Crippen MR) is 160 cm³/mol. The van der Waals surface area contributed by atoms with Crippen molar-refractivity contribution < 1.29 is 28.0 Å². The minimum atomic E-state index is -4.15. The first-order valence-corrected chi connectivity index (χ1v) is 16.9. The number of hydrogen-bond donors (Lipinski definition) is 2. The Morgan fingerprint density at radius 2 is 1.44 bits per heavy atom. The van der Waals surface area contributed by atoms with Crippen LogP contribution in [-0.4, -0.2) is 44.1 Å². The molecule has 0 aromatic heterocycles. The van der Waals surface area contributed by atoms with Crippen molar-refractivity contribution in [3.8, 4) is 5.75 Å². The van der Waals surface area contributed by atoms with Gasteiger partial charge in [0.25, 0.3) is 0 Å². The van der Waals surface area contributed by atoms with Crippen molar-refractivity contribution in [1.82, 2.24) is 5.32 Å². The van der Waals surface area contributed by atoms with Crippen LogP contribution in [0.4, 0.5) is 0 Å². The van der Waals surface area contributed by atoms with Crippen molar-refractivity contribution in [2.24, 2.45) is 5.92 Å². The molecule has 1 rings (SSSR count). The monoisotopic (exact) mass is 569 g/mol. The van der Waals surface area contributed by atoms with Gasteiger partial charge in [-0.3, -0.25) is 13.8 Å².